The van der Waals surface area contributed by atoms with E-state index in [2.05, 4.69) is 5.32 Å². The minimum absolute atomic E-state index is 0.0758. The van der Waals surface area contributed by atoms with Crippen LogP contribution < -0.4 is 26.4 Å². The number of ketones is 1. The van der Waals surface area contributed by atoms with Crippen LogP contribution in [0, 0.1) is 5.92 Å². The van der Waals surface area contributed by atoms with Crippen molar-refractivity contribution < 1.29 is 86.5 Å². The van der Waals surface area contributed by atoms with Gasteiger partial charge in [0.2, 0.25) is 17.7 Å². The highest BCUT2D eigenvalue weighted by Crippen LogP contribution is 2.38. The largest absolute Gasteiger partial charge is 0.497 e. The molecular weight excluding hydrogens is 840 g/mol. The Bertz CT molecular complexity index is 1950. The monoisotopic (exact) mass is 876 g/mol. The highest BCUT2D eigenvalue weighted by molar-refractivity contribution is 5.97. The van der Waals surface area contributed by atoms with Crippen molar-refractivity contribution in [3.8, 4) is 5.75 Å². The number of carbonyl (C=O) groups is 5. The molecule has 6 N–H and O–H groups in total. The van der Waals surface area contributed by atoms with Gasteiger partial charge in [-0.2, -0.15) is 52.7 Å². The van der Waals surface area contributed by atoms with E-state index in [1.807, 2.05) is 10.6 Å². The first-order chi connectivity index (χ1) is 27.5. The number of carboxylic acid groups (broad SMARTS) is 1. The summed E-state index contributed by atoms with van der Waals surface area (Å²) in [6, 6.07) is 7.08. The van der Waals surface area contributed by atoms with Crippen LogP contribution in [0.1, 0.15) is 53.6 Å². The molecule has 3 amide bonds. The van der Waals surface area contributed by atoms with E-state index < -0.39 is 102 Å². The Morgan fingerprint density at radius 1 is 0.683 bits per heavy atom. The molecule has 0 saturated carbocycles. The van der Waals surface area contributed by atoms with Crippen LogP contribution in [-0.4, -0.2) is 72.3 Å². The standard InChI is InChI=1S/C35H35F9N4O5.C2HF3O2/c1-18(2)27(29(49)35(42,43)44)47-32(52)28(21-11-13-24(53-3)14-12-21)48-30(50)25(15-19-7-9-20(17-45)10-8-19)46-31(51)26(34(39,40)41)22-5-4-6-23(16-22)33(36,37)38;3-2(4,5)1(6)7/h4-14,16,18,25-28H,15,17,45H2,1-3H3,(H,46,51)(H,47,52)(H,48,50);(H,6,7)/t25-,26?,27-,28-;/m0./s1. The van der Waals surface area contributed by atoms with Crippen molar-refractivity contribution in [2.45, 2.75) is 75.6 Å². The Kier molecular flexibility index (Phi) is 17.1. The molecule has 0 saturated heterocycles. The zero-order valence-electron chi connectivity index (χ0n) is 31.2. The van der Waals surface area contributed by atoms with Gasteiger partial charge in [0.05, 0.1) is 18.7 Å². The molecule has 0 aromatic heterocycles. The lowest BCUT2D eigenvalue weighted by Crippen LogP contribution is -2.55. The third kappa shape index (κ3) is 14.7. The zero-order valence-corrected chi connectivity index (χ0v) is 31.2. The summed E-state index contributed by atoms with van der Waals surface area (Å²) in [7, 11) is 1.30. The van der Waals surface area contributed by atoms with Gasteiger partial charge in [-0.3, -0.25) is 19.2 Å². The van der Waals surface area contributed by atoms with Gasteiger partial charge >= 0.3 is 30.7 Å². The lowest BCUT2D eigenvalue weighted by atomic mass is 9.94. The fourth-order valence-electron chi connectivity index (χ4n) is 5.18. The minimum atomic E-state index is -5.46. The molecule has 1 unspecified atom stereocenters. The molecule has 3 aromatic rings. The number of halogens is 12. The maximum Gasteiger partial charge on any atom is 0.490 e. The number of hydrogen-bond acceptors (Lipinski definition) is 7. The normalized spacial score (nSPS) is 14.1. The summed E-state index contributed by atoms with van der Waals surface area (Å²) >= 11 is 0. The van der Waals surface area contributed by atoms with Crippen LogP contribution in [0.4, 0.5) is 52.7 Å². The van der Waals surface area contributed by atoms with Crippen molar-refractivity contribution in [1.29, 1.82) is 0 Å². The number of nitrogens with two attached hydrogens (primary N) is 1. The predicted molar refractivity (Wildman–Crippen MR) is 186 cm³/mol. The van der Waals surface area contributed by atoms with Gasteiger partial charge in [0.25, 0.3) is 5.78 Å². The SMILES string of the molecule is COc1ccc([C@H](NC(=O)[C@H](Cc2ccc(CN)cc2)NC(=O)C(c2cccc(C(F)(F)F)c2)C(F)(F)F)C(=O)N[C@H](C(=O)C(F)(F)F)C(C)C)cc1.O=C(O)C(F)(F)F. The van der Waals surface area contributed by atoms with E-state index in [0.29, 0.717) is 23.8 Å². The first-order valence-electron chi connectivity index (χ1n) is 17.0. The van der Waals surface area contributed by atoms with Crippen LogP contribution in [0.25, 0.3) is 0 Å². The van der Waals surface area contributed by atoms with Crippen molar-refractivity contribution in [2.24, 2.45) is 11.7 Å². The number of nitrogens with one attached hydrogen (secondary N) is 3. The molecule has 330 valence electrons. The van der Waals surface area contributed by atoms with Gasteiger partial charge in [0, 0.05) is 13.0 Å². The summed E-state index contributed by atoms with van der Waals surface area (Å²) in [5, 5.41) is 13.3. The van der Waals surface area contributed by atoms with Crippen LogP contribution in [0.3, 0.4) is 0 Å². The number of alkyl halides is 12. The van der Waals surface area contributed by atoms with Gasteiger partial charge in [-0.05, 0) is 46.4 Å². The van der Waals surface area contributed by atoms with Gasteiger partial charge in [0.1, 0.15) is 17.8 Å². The van der Waals surface area contributed by atoms with Crippen LogP contribution in [0.15, 0.2) is 72.8 Å². The molecule has 23 heteroatoms. The lowest BCUT2D eigenvalue weighted by Gasteiger charge is -2.28. The van der Waals surface area contributed by atoms with Gasteiger partial charge < -0.3 is 31.5 Å². The second-order valence-corrected chi connectivity index (χ2v) is 13.0. The molecule has 0 radical (unpaired) electrons. The number of methoxy groups -OCH3 is 1. The summed E-state index contributed by atoms with van der Waals surface area (Å²) in [6.45, 7) is 2.54. The van der Waals surface area contributed by atoms with E-state index in [9.17, 15) is 71.9 Å². The molecular formula is C37H36F12N4O7. The van der Waals surface area contributed by atoms with E-state index in [4.69, 9.17) is 20.4 Å². The van der Waals surface area contributed by atoms with Crippen LogP contribution in [0.2, 0.25) is 0 Å². The Balaban J connectivity index is 0.00000162. The molecule has 11 nitrogen and oxygen atoms in total. The summed E-state index contributed by atoms with van der Waals surface area (Å²) in [6.07, 6.45) is -21.5. The fourth-order valence-corrected chi connectivity index (χ4v) is 5.18. The quantitative estimate of drug-likeness (QED) is 0.117. The number of Topliss-reactive ketones (excluding diaryl/α,β-unsaturated/α-hetero) is 1. The Morgan fingerprint density at radius 2 is 1.22 bits per heavy atom. The van der Waals surface area contributed by atoms with Crippen molar-refractivity contribution in [2.75, 3.05) is 7.11 Å². The molecule has 4 atom stereocenters. The topological polar surface area (TPSA) is 177 Å². The number of ether oxygens (including phenoxy) is 1. The first-order valence-corrected chi connectivity index (χ1v) is 17.0. The van der Waals surface area contributed by atoms with E-state index in [1.54, 1.807) is 0 Å². The first kappa shape index (κ1) is 50.3. The van der Waals surface area contributed by atoms with Crippen molar-refractivity contribution >= 4 is 29.5 Å². The summed E-state index contributed by atoms with van der Waals surface area (Å²) in [5.41, 5.74) is 3.85. The highest BCUT2D eigenvalue weighted by Gasteiger charge is 2.48. The molecule has 0 fully saturated rings. The number of hydrogen-bond donors (Lipinski definition) is 5. The summed E-state index contributed by atoms with van der Waals surface area (Å²) < 4.78 is 160. The number of rotatable bonds is 14. The summed E-state index contributed by atoms with van der Waals surface area (Å²) in [5.74, 6) is -13.6. The second-order valence-electron chi connectivity index (χ2n) is 13.0. The van der Waals surface area contributed by atoms with E-state index >= 15 is 0 Å². The van der Waals surface area contributed by atoms with Crippen LogP contribution in [0.5, 0.6) is 5.75 Å². The minimum Gasteiger partial charge on any atom is -0.497 e. The van der Waals surface area contributed by atoms with Crippen molar-refractivity contribution in [3.63, 3.8) is 0 Å². The average Bonchev–Trinajstić information content (AvgIpc) is 3.14. The number of benzene rings is 3. The van der Waals surface area contributed by atoms with Gasteiger partial charge in [-0.15, -0.1) is 0 Å². The molecule has 60 heavy (non-hydrogen) atoms. The predicted octanol–water partition coefficient (Wildman–Crippen LogP) is 6.31. The van der Waals surface area contributed by atoms with E-state index in [-0.39, 0.29) is 29.5 Å². The molecule has 3 rings (SSSR count). The van der Waals surface area contributed by atoms with E-state index in [0.717, 1.165) is 0 Å². The Morgan fingerprint density at radius 3 is 1.65 bits per heavy atom. The van der Waals surface area contributed by atoms with Gasteiger partial charge in [-0.1, -0.05) is 68.4 Å². The second kappa shape index (κ2) is 20.4. The molecule has 0 spiro atoms. The van der Waals surface area contributed by atoms with Crippen molar-refractivity contribution in [1.82, 2.24) is 16.0 Å². The fraction of sp³-hybridized carbons (Fsp3) is 0.378. The molecule has 0 aliphatic carbocycles. The van der Waals surface area contributed by atoms with E-state index in [1.165, 1.54) is 69.5 Å². The maximum absolute atomic E-state index is 14.4. The van der Waals surface area contributed by atoms with Crippen LogP contribution in [-0.2, 0) is 43.1 Å². The van der Waals surface area contributed by atoms with Crippen LogP contribution >= 0.6 is 0 Å². The number of carbonyl (C=O) groups excluding carboxylic acids is 4. The highest BCUT2D eigenvalue weighted by atomic mass is 19.4. The smallest absolute Gasteiger partial charge is 0.490 e. The molecule has 0 aliphatic rings. The summed E-state index contributed by atoms with van der Waals surface area (Å²) in [4.78, 5) is 61.9. The number of carboxylic acids is 1. The molecule has 0 heterocycles. The maximum atomic E-state index is 14.4. The third-order valence-corrected chi connectivity index (χ3v) is 8.23. The zero-order chi connectivity index (χ0) is 46.0. The van der Waals surface area contributed by atoms with Gasteiger partial charge in [0.15, 0.2) is 5.92 Å². The Hall–Kier alpha value is -5.87. The lowest BCUT2D eigenvalue weighted by molar-refractivity contribution is -0.192. The third-order valence-electron chi connectivity index (χ3n) is 8.23. The molecule has 3 aromatic carbocycles. The molecule has 0 aliphatic heterocycles. The Labute approximate surface area is 332 Å². The van der Waals surface area contributed by atoms with Crippen molar-refractivity contribution in [3.05, 3.63) is 101 Å². The number of aliphatic carboxylic acids is 1. The number of amides is 3. The average molecular weight is 877 g/mol. The molecule has 0 bridgehead atoms. The van der Waals surface area contributed by atoms with Gasteiger partial charge in [-0.25, -0.2) is 4.79 Å².